The Bertz CT molecular complexity index is 728. The molecule has 3 rings (SSSR count). The number of anilines is 2. The first-order chi connectivity index (χ1) is 12.9. The second-order valence-corrected chi connectivity index (χ2v) is 9.87. The zero-order valence-corrected chi connectivity index (χ0v) is 16.8. The van der Waals surface area contributed by atoms with Crippen molar-refractivity contribution in [1.82, 2.24) is 0 Å². The van der Waals surface area contributed by atoms with Crippen molar-refractivity contribution in [3.8, 4) is 0 Å². The molecular weight excluding hydrogens is 364 g/mol. The number of ether oxygens (including phenoxy) is 1. The highest BCUT2D eigenvalue weighted by atomic mass is 32.2. The fourth-order valence-corrected chi connectivity index (χ4v) is 4.92. The summed E-state index contributed by atoms with van der Waals surface area (Å²) in [5.41, 5.74) is 1.64. The van der Waals surface area contributed by atoms with Crippen LogP contribution in [-0.4, -0.2) is 51.1 Å². The molecule has 1 saturated carbocycles. The lowest BCUT2D eigenvalue weighted by Crippen LogP contribution is -2.40. The Morgan fingerprint density at radius 2 is 1.81 bits per heavy atom. The Kier molecular flexibility index (Phi) is 6.76. The molecule has 1 atom stereocenters. The van der Waals surface area contributed by atoms with E-state index >= 15 is 0 Å². The molecule has 7 heteroatoms. The summed E-state index contributed by atoms with van der Waals surface area (Å²) in [5.74, 6) is 0.212. The molecule has 0 radical (unpaired) electrons. The molecule has 150 valence electrons. The highest BCUT2D eigenvalue weighted by Gasteiger charge is 2.23. The number of rotatable bonds is 5. The fraction of sp³-hybridized carbons (Fsp3) is 0.650. The number of benzene rings is 1. The lowest BCUT2D eigenvalue weighted by atomic mass is 10.1. The largest absolute Gasteiger partial charge is 0.369 e. The Morgan fingerprint density at radius 3 is 2.48 bits per heavy atom. The van der Waals surface area contributed by atoms with Crippen molar-refractivity contribution in [2.45, 2.75) is 57.7 Å². The number of nitrogens with one attached hydrogen (secondary N) is 1. The highest BCUT2D eigenvalue weighted by Crippen LogP contribution is 2.23. The number of carbonyl (C=O) groups is 1. The summed E-state index contributed by atoms with van der Waals surface area (Å²) in [4.78, 5) is 14.6. The van der Waals surface area contributed by atoms with Gasteiger partial charge in [0.05, 0.1) is 17.6 Å². The highest BCUT2D eigenvalue weighted by molar-refractivity contribution is 7.91. The van der Waals surface area contributed by atoms with Crippen LogP contribution in [0.2, 0.25) is 0 Å². The summed E-state index contributed by atoms with van der Waals surface area (Å²) >= 11 is 0. The van der Waals surface area contributed by atoms with E-state index in [9.17, 15) is 13.2 Å². The molecule has 1 aliphatic heterocycles. The monoisotopic (exact) mass is 394 g/mol. The van der Waals surface area contributed by atoms with Gasteiger partial charge < -0.3 is 15.0 Å². The minimum Gasteiger partial charge on any atom is -0.369 e. The maximum atomic E-state index is 12.5. The van der Waals surface area contributed by atoms with Gasteiger partial charge in [0.2, 0.25) is 0 Å². The zero-order chi connectivity index (χ0) is 19.3. The molecule has 1 N–H and O–H groups in total. The Hall–Kier alpha value is -1.60. The van der Waals surface area contributed by atoms with Gasteiger partial charge in [0.25, 0.3) is 5.91 Å². The molecule has 1 heterocycles. The van der Waals surface area contributed by atoms with Crippen LogP contribution in [0.5, 0.6) is 0 Å². The van der Waals surface area contributed by atoms with Crippen molar-refractivity contribution in [2.24, 2.45) is 0 Å². The van der Waals surface area contributed by atoms with Gasteiger partial charge in [-0.05, 0) is 38.0 Å². The lowest BCUT2D eigenvalue weighted by Gasteiger charge is -2.29. The third-order valence-corrected chi connectivity index (χ3v) is 7.00. The molecule has 0 spiro atoms. The third kappa shape index (κ3) is 5.94. The van der Waals surface area contributed by atoms with Gasteiger partial charge in [-0.1, -0.05) is 31.7 Å². The SMILES string of the molecule is CC(OC1CCCCCC1)C(=O)Nc1cccc(N2CCS(=O)(=O)CC2)c1. The van der Waals surface area contributed by atoms with Crippen LogP contribution in [0.1, 0.15) is 45.4 Å². The van der Waals surface area contributed by atoms with E-state index < -0.39 is 15.9 Å². The van der Waals surface area contributed by atoms with Crippen LogP contribution >= 0.6 is 0 Å². The molecular formula is C20H30N2O4S. The number of amides is 1. The second kappa shape index (κ2) is 9.06. The topological polar surface area (TPSA) is 75.7 Å². The summed E-state index contributed by atoms with van der Waals surface area (Å²) < 4.78 is 29.2. The second-order valence-electron chi connectivity index (χ2n) is 7.57. The van der Waals surface area contributed by atoms with E-state index in [0.717, 1.165) is 18.5 Å². The summed E-state index contributed by atoms with van der Waals surface area (Å²) in [5, 5.41) is 2.93. The van der Waals surface area contributed by atoms with Crippen molar-refractivity contribution < 1.29 is 17.9 Å². The number of hydrogen-bond acceptors (Lipinski definition) is 5. The molecule has 2 fully saturated rings. The predicted octanol–water partition coefficient (Wildman–Crippen LogP) is 2.99. The van der Waals surface area contributed by atoms with Crippen LogP contribution < -0.4 is 10.2 Å². The van der Waals surface area contributed by atoms with E-state index in [1.165, 1.54) is 25.7 Å². The van der Waals surface area contributed by atoms with Gasteiger partial charge in [-0.3, -0.25) is 4.79 Å². The van der Waals surface area contributed by atoms with Gasteiger partial charge in [-0.15, -0.1) is 0 Å². The van der Waals surface area contributed by atoms with Crippen molar-refractivity contribution in [3.63, 3.8) is 0 Å². The zero-order valence-electron chi connectivity index (χ0n) is 16.0. The fourth-order valence-electron chi connectivity index (χ4n) is 3.72. The van der Waals surface area contributed by atoms with Crippen LogP contribution in [0.3, 0.4) is 0 Å². The van der Waals surface area contributed by atoms with E-state index in [1.54, 1.807) is 6.92 Å². The van der Waals surface area contributed by atoms with Gasteiger partial charge >= 0.3 is 0 Å². The summed E-state index contributed by atoms with van der Waals surface area (Å²) in [7, 11) is -2.91. The standard InChI is InChI=1S/C20H30N2O4S/c1-16(26-19-9-4-2-3-5-10-19)20(23)21-17-7-6-8-18(15-17)22-11-13-27(24,25)14-12-22/h6-8,15-16,19H,2-5,9-14H2,1H3,(H,21,23). The predicted molar refractivity (Wildman–Crippen MR) is 108 cm³/mol. The van der Waals surface area contributed by atoms with Gasteiger partial charge in [-0.2, -0.15) is 0 Å². The maximum absolute atomic E-state index is 12.5. The number of nitrogens with zero attached hydrogens (tertiary/aromatic N) is 1. The van der Waals surface area contributed by atoms with Gasteiger partial charge in [0.1, 0.15) is 6.10 Å². The van der Waals surface area contributed by atoms with E-state index in [4.69, 9.17) is 4.74 Å². The quantitative estimate of drug-likeness (QED) is 0.777. The Balaban J connectivity index is 1.56. The van der Waals surface area contributed by atoms with Crippen molar-refractivity contribution in [2.75, 3.05) is 34.8 Å². The number of sulfone groups is 1. The molecule has 6 nitrogen and oxygen atoms in total. The average Bonchev–Trinajstić information content (AvgIpc) is 2.90. The van der Waals surface area contributed by atoms with Crippen LogP contribution in [0.25, 0.3) is 0 Å². The first kappa shape index (κ1) is 20.1. The molecule has 27 heavy (non-hydrogen) atoms. The minimum atomic E-state index is -2.91. The maximum Gasteiger partial charge on any atom is 0.253 e. The lowest BCUT2D eigenvalue weighted by molar-refractivity contribution is -0.130. The van der Waals surface area contributed by atoms with Crippen molar-refractivity contribution in [3.05, 3.63) is 24.3 Å². The molecule has 0 aromatic heterocycles. The summed E-state index contributed by atoms with van der Waals surface area (Å²) in [6, 6.07) is 7.57. The molecule has 1 unspecified atom stereocenters. The van der Waals surface area contributed by atoms with Crippen molar-refractivity contribution >= 4 is 27.1 Å². The molecule has 2 aliphatic rings. The van der Waals surface area contributed by atoms with Crippen LogP contribution in [0.4, 0.5) is 11.4 Å². The van der Waals surface area contributed by atoms with Gasteiger partial charge in [-0.25, -0.2) is 8.42 Å². The Labute approximate surface area is 162 Å². The number of carbonyl (C=O) groups excluding carboxylic acids is 1. The number of hydrogen-bond donors (Lipinski definition) is 1. The van der Waals surface area contributed by atoms with Crippen LogP contribution in [0, 0.1) is 0 Å². The van der Waals surface area contributed by atoms with Crippen molar-refractivity contribution in [1.29, 1.82) is 0 Å². The third-order valence-electron chi connectivity index (χ3n) is 5.39. The molecule has 0 bridgehead atoms. The van der Waals surface area contributed by atoms with Crippen LogP contribution in [0.15, 0.2) is 24.3 Å². The van der Waals surface area contributed by atoms with E-state index in [-0.39, 0.29) is 23.5 Å². The van der Waals surface area contributed by atoms with Gasteiger partial charge in [0.15, 0.2) is 9.84 Å². The first-order valence-corrected chi connectivity index (χ1v) is 11.8. The molecule has 1 aromatic rings. The Morgan fingerprint density at radius 1 is 1.15 bits per heavy atom. The van der Waals surface area contributed by atoms with Gasteiger partial charge in [0, 0.05) is 24.5 Å². The van der Waals surface area contributed by atoms with Crippen LogP contribution in [-0.2, 0) is 19.4 Å². The summed E-state index contributed by atoms with van der Waals surface area (Å²) in [6.07, 6.45) is 6.61. The molecule has 1 aliphatic carbocycles. The molecule has 1 amide bonds. The minimum absolute atomic E-state index is 0.141. The van der Waals surface area contributed by atoms with E-state index in [1.807, 2.05) is 29.2 Å². The molecule has 1 aromatic carbocycles. The summed E-state index contributed by atoms with van der Waals surface area (Å²) in [6.45, 7) is 2.78. The smallest absolute Gasteiger partial charge is 0.253 e. The molecule has 1 saturated heterocycles. The average molecular weight is 395 g/mol. The van der Waals surface area contributed by atoms with E-state index in [2.05, 4.69) is 5.32 Å². The first-order valence-electron chi connectivity index (χ1n) is 9.95. The van der Waals surface area contributed by atoms with E-state index in [0.29, 0.717) is 18.8 Å². The normalized spacial score (nSPS) is 22.0.